The number of para-hydroxylation sites is 2. The third kappa shape index (κ3) is 1.08. The molecule has 76 valence electrons. The molecule has 0 bridgehead atoms. The highest BCUT2D eigenvalue weighted by Crippen LogP contribution is 2.34. The second-order valence-electron chi connectivity index (χ2n) is 3.82. The van der Waals surface area contributed by atoms with E-state index in [1.807, 2.05) is 24.3 Å². The molecule has 2 heterocycles. The molecule has 4 nitrogen and oxygen atoms in total. The summed E-state index contributed by atoms with van der Waals surface area (Å²) >= 11 is 0. The maximum absolute atomic E-state index is 11.7. The molecule has 15 heavy (non-hydrogen) atoms. The van der Waals surface area contributed by atoms with Crippen LogP contribution in [0.5, 0.6) is 0 Å². The van der Waals surface area contributed by atoms with E-state index in [-0.39, 0.29) is 24.2 Å². The first kappa shape index (κ1) is 8.47. The predicted octanol–water partition coefficient (Wildman–Crippen LogP) is 0.786. The third-order valence-electron chi connectivity index (χ3n) is 2.93. The quantitative estimate of drug-likeness (QED) is 0.633. The summed E-state index contributed by atoms with van der Waals surface area (Å²) in [6.07, 6.45) is 0.0423. The number of Topliss-reactive ketones (excluding diaryl/α,β-unsaturated/α-hetero) is 1. The number of ketones is 1. The first-order valence-electron chi connectivity index (χ1n) is 4.95. The molecule has 1 saturated heterocycles. The molecule has 0 aromatic heterocycles. The Bertz CT molecular complexity index is 456. The largest absolute Gasteiger partial charge is 0.381 e. The van der Waals surface area contributed by atoms with E-state index in [9.17, 15) is 9.59 Å². The molecule has 2 aliphatic rings. The number of amides is 1. The van der Waals surface area contributed by atoms with Gasteiger partial charge < -0.3 is 5.32 Å². The average molecular weight is 202 g/mol. The summed E-state index contributed by atoms with van der Waals surface area (Å²) in [5, 5.41) is 3.17. The van der Waals surface area contributed by atoms with Crippen molar-refractivity contribution in [1.29, 1.82) is 0 Å². The van der Waals surface area contributed by atoms with Crippen molar-refractivity contribution < 1.29 is 9.59 Å². The molecular weight excluding hydrogens is 192 g/mol. The van der Waals surface area contributed by atoms with E-state index >= 15 is 0 Å². The first-order chi connectivity index (χ1) is 7.27. The third-order valence-corrected chi connectivity index (χ3v) is 2.93. The SMILES string of the molecule is O=C1CC(=O)N2c3ccccc3NCC12. The topological polar surface area (TPSA) is 49.4 Å². The molecule has 1 fully saturated rings. The van der Waals surface area contributed by atoms with E-state index in [1.54, 1.807) is 4.90 Å². The van der Waals surface area contributed by atoms with Crippen molar-refractivity contribution in [3.63, 3.8) is 0 Å². The first-order valence-corrected chi connectivity index (χ1v) is 4.95. The van der Waals surface area contributed by atoms with Crippen molar-refractivity contribution in [1.82, 2.24) is 0 Å². The van der Waals surface area contributed by atoms with E-state index in [2.05, 4.69) is 5.32 Å². The van der Waals surface area contributed by atoms with Gasteiger partial charge in [-0.1, -0.05) is 12.1 Å². The van der Waals surface area contributed by atoms with Crippen molar-refractivity contribution in [3.05, 3.63) is 24.3 Å². The van der Waals surface area contributed by atoms with Crippen molar-refractivity contribution in [2.45, 2.75) is 12.5 Å². The van der Waals surface area contributed by atoms with Crippen LogP contribution < -0.4 is 10.2 Å². The fraction of sp³-hybridized carbons (Fsp3) is 0.273. The Labute approximate surface area is 86.9 Å². The molecule has 0 spiro atoms. The van der Waals surface area contributed by atoms with Gasteiger partial charge >= 0.3 is 0 Å². The summed E-state index contributed by atoms with van der Waals surface area (Å²) in [6.45, 7) is 0.529. The highest BCUT2D eigenvalue weighted by atomic mass is 16.2. The minimum Gasteiger partial charge on any atom is -0.381 e. The van der Waals surface area contributed by atoms with Gasteiger partial charge in [0, 0.05) is 6.54 Å². The van der Waals surface area contributed by atoms with Crippen molar-refractivity contribution in [2.24, 2.45) is 0 Å². The summed E-state index contributed by atoms with van der Waals surface area (Å²) in [6, 6.07) is 7.27. The van der Waals surface area contributed by atoms with E-state index in [0.29, 0.717) is 6.54 Å². The molecule has 1 N–H and O–H groups in total. The lowest BCUT2D eigenvalue weighted by Crippen LogP contribution is -2.44. The molecule has 2 aliphatic heterocycles. The summed E-state index contributed by atoms with van der Waals surface area (Å²) in [7, 11) is 0. The molecule has 1 aromatic carbocycles. The Balaban J connectivity index is 2.13. The Morgan fingerprint density at radius 3 is 2.93 bits per heavy atom. The number of rotatable bonds is 0. The Hall–Kier alpha value is -1.84. The number of hydrogen-bond acceptors (Lipinski definition) is 3. The van der Waals surface area contributed by atoms with Gasteiger partial charge in [-0.25, -0.2) is 0 Å². The molecule has 1 aromatic rings. The number of carbonyl (C=O) groups is 2. The Morgan fingerprint density at radius 2 is 2.07 bits per heavy atom. The van der Waals surface area contributed by atoms with E-state index in [1.165, 1.54) is 0 Å². The molecule has 3 rings (SSSR count). The number of hydrogen-bond donors (Lipinski definition) is 1. The van der Waals surface area contributed by atoms with Crippen molar-refractivity contribution in [2.75, 3.05) is 16.8 Å². The van der Waals surface area contributed by atoms with Crippen molar-refractivity contribution >= 4 is 23.1 Å². The lowest BCUT2D eigenvalue weighted by Gasteiger charge is -2.31. The van der Waals surface area contributed by atoms with Crippen LogP contribution >= 0.6 is 0 Å². The van der Waals surface area contributed by atoms with Gasteiger partial charge in [-0.2, -0.15) is 0 Å². The molecule has 0 saturated carbocycles. The van der Waals surface area contributed by atoms with Gasteiger partial charge in [0.05, 0.1) is 17.8 Å². The van der Waals surface area contributed by atoms with E-state index < -0.39 is 0 Å². The number of benzene rings is 1. The minimum absolute atomic E-state index is 0.0157. The van der Waals surface area contributed by atoms with Crippen LogP contribution in [0.25, 0.3) is 0 Å². The fourth-order valence-corrected chi connectivity index (χ4v) is 2.22. The molecular formula is C11H10N2O2. The molecule has 0 aliphatic carbocycles. The second-order valence-corrected chi connectivity index (χ2v) is 3.82. The van der Waals surface area contributed by atoms with Gasteiger partial charge in [-0.05, 0) is 12.1 Å². The van der Waals surface area contributed by atoms with Crippen LogP contribution in [0.2, 0.25) is 0 Å². The summed E-state index contributed by atoms with van der Waals surface area (Å²) in [5.41, 5.74) is 1.75. The van der Waals surface area contributed by atoms with Gasteiger partial charge in [0.1, 0.15) is 6.04 Å². The fourth-order valence-electron chi connectivity index (χ4n) is 2.22. The molecule has 0 radical (unpaired) electrons. The van der Waals surface area contributed by atoms with Gasteiger partial charge in [0.25, 0.3) is 0 Å². The summed E-state index contributed by atoms with van der Waals surface area (Å²) in [5.74, 6) is -0.0686. The zero-order valence-corrected chi connectivity index (χ0v) is 8.06. The number of anilines is 2. The highest BCUT2D eigenvalue weighted by molar-refractivity contribution is 6.19. The highest BCUT2D eigenvalue weighted by Gasteiger charge is 2.42. The molecule has 4 heteroatoms. The van der Waals surface area contributed by atoms with E-state index in [0.717, 1.165) is 11.4 Å². The predicted molar refractivity (Wildman–Crippen MR) is 55.8 cm³/mol. The van der Waals surface area contributed by atoms with Crippen LogP contribution in [0.3, 0.4) is 0 Å². The monoisotopic (exact) mass is 202 g/mol. The van der Waals surface area contributed by atoms with Gasteiger partial charge in [0.2, 0.25) is 5.91 Å². The van der Waals surface area contributed by atoms with Crippen LogP contribution in [0.15, 0.2) is 24.3 Å². The van der Waals surface area contributed by atoms with Gasteiger partial charge in [-0.15, -0.1) is 0 Å². The van der Waals surface area contributed by atoms with E-state index in [4.69, 9.17) is 0 Å². The van der Waals surface area contributed by atoms with Crippen LogP contribution in [-0.2, 0) is 9.59 Å². The zero-order valence-electron chi connectivity index (χ0n) is 8.06. The number of carbonyl (C=O) groups excluding carboxylic acids is 2. The lowest BCUT2D eigenvalue weighted by molar-refractivity contribution is -0.121. The van der Waals surface area contributed by atoms with Crippen LogP contribution in [0, 0.1) is 0 Å². The summed E-state index contributed by atoms with van der Waals surface area (Å²) in [4.78, 5) is 24.8. The average Bonchev–Trinajstić information content (AvgIpc) is 2.55. The Morgan fingerprint density at radius 1 is 1.27 bits per heavy atom. The molecule has 1 amide bonds. The normalized spacial score (nSPS) is 23.5. The zero-order chi connectivity index (χ0) is 10.4. The minimum atomic E-state index is -0.299. The smallest absolute Gasteiger partial charge is 0.235 e. The summed E-state index contributed by atoms with van der Waals surface area (Å²) < 4.78 is 0. The maximum atomic E-state index is 11.7. The molecule has 1 unspecified atom stereocenters. The number of nitrogens with zero attached hydrogens (tertiary/aromatic N) is 1. The standard InChI is InChI=1S/C11H10N2O2/c14-10-5-11(15)13-8-4-2-1-3-7(8)12-6-9(10)13/h1-4,9,12H,5-6H2. The second kappa shape index (κ2) is 2.82. The molecule has 1 atom stereocenters. The van der Waals surface area contributed by atoms with Crippen LogP contribution in [0.1, 0.15) is 6.42 Å². The lowest BCUT2D eigenvalue weighted by atomic mass is 10.1. The van der Waals surface area contributed by atoms with Crippen LogP contribution in [-0.4, -0.2) is 24.3 Å². The van der Waals surface area contributed by atoms with Gasteiger partial charge in [-0.3, -0.25) is 14.5 Å². The maximum Gasteiger partial charge on any atom is 0.235 e. The van der Waals surface area contributed by atoms with Gasteiger partial charge in [0.15, 0.2) is 5.78 Å². The van der Waals surface area contributed by atoms with Crippen molar-refractivity contribution in [3.8, 4) is 0 Å². The van der Waals surface area contributed by atoms with Crippen LogP contribution in [0.4, 0.5) is 11.4 Å². The Kier molecular flexibility index (Phi) is 1.59. The number of fused-ring (bicyclic) bond motifs is 3. The number of nitrogens with one attached hydrogen (secondary N) is 1.